The maximum Gasteiger partial charge on any atom is 0.151 e. The van der Waals surface area contributed by atoms with Crippen molar-refractivity contribution in [3.63, 3.8) is 0 Å². The number of rotatable bonds is 2. The van der Waals surface area contributed by atoms with E-state index in [0.717, 1.165) is 37.5 Å². The highest BCUT2D eigenvalue weighted by molar-refractivity contribution is 7.91. The van der Waals surface area contributed by atoms with Gasteiger partial charge in [-0.3, -0.25) is 0 Å². The lowest BCUT2D eigenvalue weighted by Crippen LogP contribution is -2.32. The average molecular weight is 270 g/mol. The van der Waals surface area contributed by atoms with Crippen LogP contribution in [0.1, 0.15) is 24.5 Å². The Hall–Kier alpha value is -0.950. The SMILES string of the molecule is NC1CCc2nc(CC3CCS(=O)(=O)C3)nn2C1. The predicted octanol–water partition coefficient (Wildman–Crippen LogP) is -0.471. The minimum Gasteiger partial charge on any atom is -0.326 e. The molecule has 2 aliphatic rings. The number of fused-ring (bicyclic) bond motifs is 1. The predicted molar refractivity (Wildman–Crippen MR) is 66.8 cm³/mol. The summed E-state index contributed by atoms with van der Waals surface area (Å²) >= 11 is 0. The number of nitrogens with zero attached hydrogens (tertiary/aromatic N) is 3. The summed E-state index contributed by atoms with van der Waals surface area (Å²) in [6, 6.07) is 0.166. The molecule has 0 spiro atoms. The van der Waals surface area contributed by atoms with Crippen molar-refractivity contribution in [3.8, 4) is 0 Å². The van der Waals surface area contributed by atoms with Crippen LogP contribution in [0, 0.1) is 5.92 Å². The van der Waals surface area contributed by atoms with E-state index in [4.69, 9.17) is 5.73 Å². The quantitative estimate of drug-likeness (QED) is 0.784. The Bertz CT molecular complexity index is 551. The van der Waals surface area contributed by atoms with Crippen molar-refractivity contribution in [3.05, 3.63) is 11.6 Å². The van der Waals surface area contributed by atoms with Crippen molar-refractivity contribution in [2.75, 3.05) is 11.5 Å². The summed E-state index contributed by atoms with van der Waals surface area (Å²) in [7, 11) is -2.81. The van der Waals surface area contributed by atoms with Gasteiger partial charge in [0.05, 0.1) is 18.1 Å². The van der Waals surface area contributed by atoms with E-state index in [9.17, 15) is 8.42 Å². The van der Waals surface area contributed by atoms with E-state index in [1.165, 1.54) is 0 Å². The molecule has 0 radical (unpaired) electrons. The Morgan fingerprint density at radius 2 is 2.22 bits per heavy atom. The second kappa shape index (κ2) is 4.31. The van der Waals surface area contributed by atoms with Crippen molar-refractivity contribution in [1.29, 1.82) is 0 Å². The molecule has 2 N–H and O–H groups in total. The molecular weight excluding hydrogens is 252 g/mol. The molecule has 6 nitrogen and oxygen atoms in total. The molecule has 2 unspecified atom stereocenters. The minimum atomic E-state index is -2.81. The molecule has 2 aliphatic heterocycles. The molecule has 0 amide bonds. The van der Waals surface area contributed by atoms with Gasteiger partial charge < -0.3 is 5.73 Å². The zero-order chi connectivity index (χ0) is 12.8. The fourth-order valence-electron chi connectivity index (χ4n) is 2.76. The van der Waals surface area contributed by atoms with E-state index >= 15 is 0 Å². The Labute approximate surface area is 106 Å². The van der Waals surface area contributed by atoms with Crippen LogP contribution >= 0.6 is 0 Å². The van der Waals surface area contributed by atoms with Crippen LogP contribution in [0.3, 0.4) is 0 Å². The van der Waals surface area contributed by atoms with E-state index in [1.807, 2.05) is 4.68 Å². The molecule has 1 aromatic rings. The average Bonchev–Trinajstić information content (AvgIpc) is 2.81. The highest BCUT2D eigenvalue weighted by Gasteiger charge is 2.29. The van der Waals surface area contributed by atoms with Gasteiger partial charge in [0.2, 0.25) is 0 Å². The standard InChI is InChI=1S/C11H18N4O2S/c12-9-1-2-11-13-10(14-15(11)6-9)5-8-3-4-18(16,17)7-8/h8-9H,1-7,12H2. The van der Waals surface area contributed by atoms with Crippen LogP contribution in [-0.4, -0.2) is 40.7 Å². The number of sulfone groups is 1. The molecule has 1 fully saturated rings. The maximum atomic E-state index is 11.4. The molecule has 3 heterocycles. The summed E-state index contributed by atoms with van der Waals surface area (Å²) in [4.78, 5) is 4.50. The van der Waals surface area contributed by atoms with Gasteiger partial charge in [0.15, 0.2) is 15.7 Å². The normalized spacial score (nSPS) is 30.3. The van der Waals surface area contributed by atoms with Crippen molar-refractivity contribution in [1.82, 2.24) is 14.8 Å². The largest absolute Gasteiger partial charge is 0.326 e. The Kier molecular flexibility index (Phi) is 2.90. The monoisotopic (exact) mass is 270 g/mol. The molecule has 0 aromatic carbocycles. The maximum absolute atomic E-state index is 11.4. The van der Waals surface area contributed by atoms with Crippen molar-refractivity contribution >= 4 is 9.84 Å². The van der Waals surface area contributed by atoms with Gasteiger partial charge in [-0.1, -0.05) is 0 Å². The van der Waals surface area contributed by atoms with Crippen LogP contribution in [-0.2, 0) is 29.2 Å². The molecule has 7 heteroatoms. The van der Waals surface area contributed by atoms with E-state index < -0.39 is 9.84 Å². The smallest absolute Gasteiger partial charge is 0.151 e. The van der Waals surface area contributed by atoms with Gasteiger partial charge in [-0.2, -0.15) is 5.10 Å². The van der Waals surface area contributed by atoms with Crippen LogP contribution in [0.4, 0.5) is 0 Å². The first-order valence-electron chi connectivity index (χ1n) is 6.40. The first-order chi connectivity index (χ1) is 8.52. The Morgan fingerprint density at radius 1 is 1.39 bits per heavy atom. The van der Waals surface area contributed by atoms with Gasteiger partial charge >= 0.3 is 0 Å². The number of aromatic nitrogens is 3. The molecule has 3 rings (SSSR count). The minimum absolute atomic E-state index is 0.166. The summed E-state index contributed by atoms with van der Waals surface area (Å²) in [5.74, 6) is 2.56. The molecule has 2 atom stereocenters. The first kappa shape index (κ1) is 12.1. The van der Waals surface area contributed by atoms with Gasteiger partial charge in [0.25, 0.3) is 0 Å². The fourth-order valence-corrected chi connectivity index (χ4v) is 4.62. The van der Waals surface area contributed by atoms with Crippen LogP contribution in [0.25, 0.3) is 0 Å². The lowest BCUT2D eigenvalue weighted by atomic mass is 10.1. The number of hydrogen-bond donors (Lipinski definition) is 1. The van der Waals surface area contributed by atoms with Gasteiger partial charge in [-0.05, 0) is 18.8 Å². The Balaban J connectivity index is 1.71. The summed E-state index contributed by atoms with van der Waals surface area (Å²) in [6.45, 7) is 0.727. The van der Waals surface area contributed by atoms with Crippen LogP contribution in [0.5, 0.6) is 0 Å². The second-order valence-corrected chi connectivity index (χ2v) is 7.63. The van der Waals surface area contributed by atoms with E-state index in [1.54, 1.807) is 0 Å². The zero-order valence-corrected chi connectivity index (χ0v) is 11.1. The van der Waals surface area contributed by atoms with Gasteiger partial charge in [-0.15, -0.1) is 0 Å². The Morgan fingerprint density at radius 3 is 2.94 bits per heavy atom. The summed E-state index contributed by atoms with van der Waals surface area (Å²) in [5, 5.41) is 4.44. The fraction of sp³-hybridized carbons (Fsp3) is 0.818. The van der Waals surface area contributed by atoms with Crippen LogP contribution < -0.4 is 5.73 Å². The summed E-state index contributed by atoms with van der Waals surface area (Å²) in [6.07, 6.45) is 3.24. The third kappa shape index (κ3) is 2.42. The molecule has 0 aliphatic carbocycles. The van der Waals surface area contributed by atoms with Gasteiger partial charge in [0.1, 0.15) is 5.82 Å². The molecule has 0 bridgehead atoms. The van der Waals surface area contributed by atoms with Crippen molar-refractivity contribution in [2.24, 2.45) is 11.7 Å². The van der Waals surface area contributed by atoms with Crippen molar-refractivity contribution < 1.29 is 8.42 Å². The second-order valence-electron chi connectivity index (χ2n) is 5.40. The lowest BCUT2D eigenvalue weighted by molar-refractivity contribution is 0.420. The topological polar surface area (TPSA) is 90.9 Å². The number of nitrogens with two attached hydrogens (primary N) is 1. The third-order valence-corrected chi connectivity index (χ3v) is 5.57. The molecule has 18 heavy (non-hydrogen) atoms. The first-order valence-corrected chi connectivity index (χ1v) is 8.22. The van der Waals surface area contributed by atoms with E-state index in [2.05, 4.69) is 10.1 Å². The molecule has 1 aromatic heterocycles. The summed E-state index contributed by atoms with van der Waals surface area (Å²) in [5.41, 5.74) is 5.89. The van der Waals surface area contributed by atoms with Gasteiger partial charge in [0, 0.05) is 18.9 Å². The van der Waals surface area contributed by atoms with Crippen LogP contribution in [0.2, 0.25) is 0 Å². The number of hydrogen-bond acceptors (Lipinski definition) is 5. The highest BCUT2D eigenvalue weighted by Crippen LogP contribution is 2.22. The van der Waals surface area contributed by atoms with Crippen molar-refractivity contribution in [2.45, 2.75) is 38.3 Å². The summed E-state index contributed by atoms with van der Waals surface area (Å²) < 4.78 is 24.7. The third-order valence-electron chi connectivity index (χ3n) is 3.74. The molecule has 0 saturated carbocycles. The van der Waals surface area contributed by atoms with E-state index in [0.29, 0.717) is 12.2 Å². The van der Waals surface area contributed by atoms with Gasteiger partial charge in [-0.25, -0.2) is 18.1 Å². The highest BCUT2D eigenvalue weighted by atomic mass is 32.2. The zero-order valence-electron chi connectivity index (χ0n) is 10.2. The van der Waals surface area contributed by atoms with Crippen LogP contribution in [0.15, 0.2) is 0 Å². The molecule has 1 saturated heterocycles. The molecular formula is C11H18N4O2S. The lowest BCUT2D eigenvalue weighted by Gasteiger charge is -2.17. The number of aryl methyl sites for hydroxylation is 1. The van der Waals surface area contributed by atoms with E-state index in [-0.39, 0.29) is 17.7 Å². The molecule has 100 valence electrons.